The second kappa shape index (κ2) is 9.05. The maximum Gasteiger partial charge on any atom is 0.408 e. The molecule has 0 heterocycles. The van der Waals surface area contributed by atoms with Gasteiger partial charge in [-0.15, -0.1) is 0 Å². The van der Waals surface area contributed by atoms with E-state index in [1.165, 1.54) is 0 Å². The largest absolute Gasteiger partial charge is 0.494 e. The summed E-state index contributed by atoms with van der Waals surface area (Å²) in [5, 5.41) is 2.77. The van der Waals surface area contributed by atoms with Crippen molar-refractivity contribution >= 4 is 16.2 Å². The summed E-state index contributed by atoms with van der Waals surface area (Å²) in [6, 6.07) is 7.08. The fourth-order valence-electron chi connectivity index (χ4n) is 1.88. The van der Waals surface area contributed by atoms with Crippen LogP contribution in [0, 0.1) is 0 Å². The average Bonchev–Trinajstić information content (AvgIpc) is 2.44. The first-order valence-corrected chi connectivity index (χ1v) is 9.84. The van der Waals surface area contributed by atoms with Crippen molar-refractivity contribution in [3.63, 3.8) is 0 Å². The number of hydrogen-bond donors (Lipinski definition) is 1. The van der Waals surface area contributed by atoms with Gasteiger partial charge in [0.2, 0.25) is 0 Å². The highest BCUT2D eigenvalue weighted by molar-refractivity contribution is 7.85. The first-order valence-electron chi connectivity index (χ1n) is 8.03. The van der Waals surface area contributed by atoms with Gasteiger partial charge in [0.05, 0.1) is 25.5 Å². The summed E-state index contributed by atoms with van der Waals surface area (Å²) >= 11 is 0. The van der Waals surface area contributed by atoms with Crippen LogP contribution in [0.4, 0.5) is 4.79 Å². The van der Waals surface area contributed by atoms with Gasteiger partial charge in [0.1, 0.15) is 11.4 Å². The topological polar surface area (TPSA) is 90.9 Å². The smallest absolute Gasteiger partial charge is 0.408 e. The molecule has 1 N–H and O–H groups in total. The quantitative estimate of drug-likeness (QED) is 0.556. The van der Waals surface area contributed by atoms with Crippen molar-refractivity contribution < 1.29 is 26.9 Å². The number of carbonyl (C=O) groups is 1. The third-order valence-corrected chi connectivity index (χ3v) is 3.56. The average molecular weight is 373 g/mol. The van der Waals surface area contributed by atoms with Crippen LogP contribution in [0.5, 0.6) is 5.75 Å². The number of amides is 1. The molecule has 0 spiro atoms. The van der Waals surface area contributed by atoms with Crippen molar-refractivity contribution in [3.05, 3.63) is 29.8 Å². The summed E-state index contributed by atoms with van der Waals surface area (Å²) in [6.45, 7) is 7.73. The zero-order valence-corrected chi connectivity index (χ0v) is 16.2. The molecule has 0 aromatic heterocycles. The Balaban J connectivity index is 2.41. The van der Waals surface area contributed by atoms with Crippen LogP contribution in [-0.2, 0) is 19.0 Å². The fraction of sp³-hybridized carbons (Fsp3) is 0.588. The van der Waals surface area contributed by atoms with Crippen molar-refractivity contribution in [1.29, 1.82) is 0 Å². The van der Waals surface area contributed by atoms with E-state index in [0.29, 0.717) is 18.8 Å². The molecule has 1 aromatic carbocycles. The molecule has 0 bridgehead atoms. The molecule has 0 fully saturated rings. The molecule has 0 unspecified atom stereocenters. The Labute approximate surface area is 149 Å². The third kappa shape index (κ3) is 9.93. The van der Waals surface area contributed by atoms with Crippen molar-refractivity contribution in [3.8, 4) is 5.75 Å². The van der Waals surface area contributed by atoms with Crippen LogP contribution in [0.1, 0.15) is 45.7 Å². The minimum Gasteiger partial charge on any atom is -0.494 e. The molecule has 0 aliphatic rings. The molecule has 1 rings (SSSR count). The zero-order valence-electron chi connectivity index (χ0n) is 15.4. The van der Waals surface area contributed by atoms with Crippen molar-refractivity contribution in [2.24, 2.45) is 0 Å². The molecule has 0 radical (unpaired) electrons. The monoisotopic (exact) mass is 373 g/mol. The summed E-state index contributed by atoms with van der Waals surface area (Å²) in [7, 11) is -3.41. The molecular formula is C17H27NO6S. The number of nitrogens with one attached hydrogen (secondary N) is 1. The Bertz CT molecular complexity index is 649. The van der Waals surface area contributed by atoms with Crippen molar-refractivity contribution in [1.82, 2.24) is 5.32 Å². The molecule has 0 aliphatic carbocycles. The van der Waals surface area contributed by atoms with E-state index in [0.717, 1.165) is 11.8 Å². The first kappa shape index (κ1) is 21.2. The van der Waals surface area contributed by atoms with E-state index in [-0.39, 0.29) is 12.6 Å². The van der Waals surface area contributed by atoms with E-state index in [1.807, 2.05) is 39.8 Å². The molecule has 25 heavy (non-hydrogen) atoms. The van der Waals surface area contributed by atoms with Gasteiger partial charge in [0.15, 0.2) is 0 Å². The molecule has 8 heteroatoms. The Kier molecular flexibility index (Phi) is 7.69. The second-order valence-corrected chi connectivity index (χ2v) is 8.31. The van der Waals surface area contributed by atoms with E-state index >= 15 is 0 Å². The normalized spacial score (nSPS) is 13.2. The second-order valence-electron chi connectivity index (χ2n) is 6.67. The van der Waals surface area contributed by atoms with Crippen LogP contribution in [0.25, 0.3) is 0 Å². The van der Waals surface area contributed by atoms with Crippen LogP contribution in [-0.4, -0.2) is 39.6 Å². The van der Waals surface area contributed by atoms with Crippen LogP contribution in [0.2, 0.25) is 0 Å². The minimum absolute atomic E-state index is 0.0910. The van der Waals surface area contributed by atoms with Gasteiger partial charge < -0.3 is 14.8 Å². The van der Waals surface area contributed by atoms with Gasteiger partial charge in [-0.3, -0.25) is 4.18 Å². The summed E-state index contributed by atoms with van der Waals surface area (Å²) < 4.78 is 37.0. The Morgan fingerprint density at radius 1 is 1.16 bits per heavy atom. The number of alkyl carbamates (subject to hydrolysis) is 1. The Morgan fingerprint density at radius 3 is 2.28 bits per heavy atom. The summed E-state index contributed by atoms with van der Waals surface area (Å²) in [6.07, 6.45) is 1.01. The number of carbonyl (C=O) groups excluding carboxylic acids is 1. The van der Waals surface area contributed by atoms with Gasteiger partial charge in [-0.2, -0.15) is 8.42 Å². The molecule has 7 nitrogen and oxygen atoms in total. The third-order valence-electron chi connectivity index (χ3n) is 2.97. The van der Waals surface area contributed by atoms with Crippen LogP contribution in [0.15, 0.2) is 24.3 Å². The van der Waals surface area contributed by atoms with Gasteiger partial charge in [-0.05, 0) is 45.4 Å². The first-order chi connectivity index (χ1) is 11.5. The van der Waals surface area contributed by atoms with Crippen LogP contribution in [0.3, 0.4) is 0 Å². The highest BCUT2D eigenvalue weighted by atomic mass is 32.2. The lowest BCUT2D eigenvalue weighted by atomic mass is 10.1. The molecule has 1 amide bonds. The fourth-order valence-corrected chi connectivity index (χ4v) is 2.30. The van der Waals surface area contributed by atoms with E-state index in [2.05, 4.69) is 9.50 Å². The summed E-state index contributed by atoms with van der Waals surface area (Å²) in [5.41, 5.74) is 0.376. The van der Waals surface area contributed by atoms with Crippen molar-refractivity contribution in [2.75, 3.05) is 19.5 Å². The highest BCUT2D eigenvalue weighted by Gasteiger charge is 2.18. The van der Waals surface area contributed by atoms with Gasteiger partial charge in [0, 0.05) is 6.42 Å². The SMILES string of the molecule is C[C@H](NC(=O)OC(C)(C)C)c1ccc(OCCCOS(C)(=O)=O)cc1. The summed E-state index contributed by atoms with van der Waals surface area (Å²) in [5.74, 6) is 0.660. The van der Waals surface area contributed by atoms with Crippen molar-refractivity contribution in [2.45, 2.75) is 45.8 Å². The van der Waals surface area contributed by atoms with Crippen LogP contribution < -0.4 is 10.1 Å². The van der Waals surface area contributed by atoms with Gasteiger partial charge in [0.25, 0.3) is 10.1 Å². The number of hydrogen-bond acceptors (Lipinski definition) is 6. The lowest BCUT2D eigenvalue weighted by molar-refractivity contribution is 0.0508. The van der Waals surface area contributed by atoms with E-state index in [9.17, 15) is 13.2 Å². The Hall–Kier alpha value is -1.80. The number of rotatable bonds is 8. The molecule has 1 aromatic rings. The molecule has 0 saturated carbocycles. The molecule has 0 saturated heterocycles. The lowest BCUT2D eigenvalue weighted by Crippen LogP contribution is -2.34. The van der Waals surface area contributed by atoms with Gasteiger partial charge >= 0.3 is 6.09 Å². The van der Waals surface area contributed by atoms with Gasteiger partial charge in [-0.25, -0.2) is 4.79 Å². The van der Waals surface area contributed by atoms with Crippen LogP contribution >= 0.6 is 0 Å². The standard InChI is InChI=1S/C17H27NO6S/c1-13(18-16(19)24-17(2,3)4)14-7-9-15(10-8-14)22-11-6-12-23-25(5,20)21/h7-10,13H,6,11-12H2,1-5H3,(H,18,19)/t13-/m0/s1. The lowest BCUT2D eigenvalue weighted by Gasteiger charge is -2.22. The highest BCUT2D eigenvalue weighted by Crippen LogP contribution is 2.18. The number of ether oxygens (including phenoxy) is 2. The molecular weight excluding hydrogens is 346 g/mol. The maximum atomic E-state index is 11.8. The zero-order chi connectivity index (χ0) is 19.1. The summed E-state index contributed by atoms with van der Waals surface area (Å²) in [4.78, 5) is 11.8. The Morgan fingerprint density at radius 2 is 1.76 bits per heavy atom. The predicted molar refractivity (Wildman–Crippen MR) is 95.1 cm³/mol. The van der Waals surface area contributed by atoms with E-state index < -0.39 is 21.8 Å². The molecule has 1 atom stereocenters. The predicted octanol–water partition coefficient (Wildman–Crippen LogP) is 3.02. The van der Waals surface area contributed by atoms with E-state index in [4.69, 9.17) is 9.47 Å². The minimum atomic E-state index is -3.41. The molecule has 142 valence electrons. The maximum absolute atomic E-state index is 11.8. The van der Waals surface area contributed by atoms with E-state index in [1.54, 1.807) is 12.1 Å². The number of benzene rings is 1. The van der Waals surface area contributed by atoms with Gasteiger partial charge in [-0.1, -0.05) is 12.1 Å². The molecule has 0 aliphatic heterocycles.